The molecule has 14 heavy (non-hydrogen) atoms. The SMILES string of the molecule is CC(=O)C(CCC[Si](C)(C)C)C(C)=O. The molecule has 0 N–H and O–H groups in total. The molecule has 0 aromatic heterocycles. The maximum absolute atomic E-state index is 11.1. The van der Waals surface area contributed by atoms with Crippen molar-refractivity contribution in [2.75, 3.05) is 0 Å². The molecule has 3 heteroatoms. The number of hydrogen-bond acceptors (Lipinski definition) is 2. The van der Waals surface area contributed by atoms with Crippen LogP contribution in [0.5, 0.6) is 0 Å². The molecule has 0 aromatic rings. The first-order valence-electron chi connectivity index (χ1n) is 5.25. The van der Waals surface area contributed by atoms with Crippen molar-refractivity contribution in [2.24, 2.45) is 5.92 Å². The molecule has 0 aliphatic rings. The lowest BCUT2D eigenvalue weighted by atomic mass is 9.96. The van der Waals surface area contributed by atoms with Gasteiger partial charge in [0.05, 0.1) is 5.92 Å². The van der Waals surface area contributed by atoms with Gasteiger partial charge in [0.15, 0.2) is 0 Å². The van der Waals surface area contributed by atoms with E-state index in [0.717, 1.165) is 12.8 Å². The van der Waals surface area contributed by atoms with E-state index in [2.05, 4.69) is 19.6 Å². The van der Waals surface area contributed by atoms with Gasteiger partial charge < -0.3 is 0 Å². The topological polar surface area (TPSA) is 34.1 Å². The summed E-state index contributed by atoms with van der Waals surface area (Å²) in [6, 6.07) is 1.20. The van der Waals surface area contributed by atoms with Gasteiger partial charge in [0.25, 0.3) is 0 Å². The van der Waals surface area contributed by atoms with Gasteiger partial charge in [-0.05, 0) is 20.3 Å². The molecule has 0 saturated heterocycles. The van der Waals surface area contributed by atoms with Crippen LogP contribution in [0.25, 0.3) is 0 Å². The molecule has 0 unspecified atom stereocenters. The highest BCUT2D eigenvalue weighted by Gasteiger charge is 2.20. The summed E-state index contributed by atoms with van der Waals surface area (Å²) >= 11 is 0. The van der Waals surface area contributed by atoms with Gasteiger partial charge in [-0.3, -0.25) is 9.59 Å². The van der Waals surface area contributed by atoms with Gasteiger partial charge in [-0.15, -0.1) is 0 Å². The van der Waals surface area contributed by atoms with Crippen molar-refractivity contribution >= 4 is 19.6 Å². The van der Waals surface area contributed by atoms with Gasteiger partial charge >= 0.3 is 0 Å². The number of hydrogen-bond donors (Lipinski definition) is 0. The summed E-state index contributed by atoms with van der Waals surface area (Å²) in [7, 11) is -1.02. The van der Waals surface area contributed by atoms with Crippen molar-refractivity contribution in [2.45, 2.75) is 52.4 Å². The highest BCUT2D eigenvalue weighted by molar-refractivity contribution is 6.76. The number of rotatable bonds is 6. The molecule has 0 aromatic carbocycles. The summed E-state index contributed by atoms with van der Waals surface area (Å²) in [4.78, 5) is 22.3. The Morgan fingerprint density at radius 3 is 1.79 bits per heavy atom. The zero-order valence-electron chi connectivity index (χ0n) is 10.0. The van der Waals surface area contributed by atoms with Crippen molar-refractivity contribution < 1.29 is 9.59 Å². The van der Waals surface area contributed by atoms with E-state index in [0.29, 0.717) is 0 Å². The summed E-state index contributed by atoms with van der Waals surface area (Å²) in [5.74, 6) is -0.299. The predicted molar refractivity (Wildman–Crippen MR) is 62.2 cm³/mol. The van der Waals surface area contributed by atoms with E-state index in [1.165, 1.54) is 19.9 Å². The molecule has 0 heterocycles. The van der Waals surface area contributed by atoms with E-state index in [9.17, 15) is 9.59 Å². The van der Waals surface area contributed by atoms with E-state index in [1.54, 1.807) is 0 Å². The van der Waals surface area contributed by atoms with Crippen LogP contribution in [-0.2, 0) is 9.59 Å². The Balaban J connectivity index is 3.97. The van der Waals surface area contributed by atoms with Crippen LogP contribution in [0.3, 0.4) is 0 Å². The van der Waals surface area contributed by atoms with Crippen molar-refractivity contribution in [1.82, 2.24) is 0 Å². The van der Waals surface area contributed by atoms with Gasteiger partial charge in [-0.25, -0.2) is 0 Å². The van der Waals surface area contributed by atoms with Crippen molar-refractivity contribution in [3.8, 4) is 0 Å². The summed E-state index contributed by atoms with van der Waals surface area (Å²) < 4.78 is 0. The fraction of sp³-hybridized carbons (Fsp3) is 0.818. The molecule has 0 bridgehead atoms. The molecule has 0 saturated carbocycles. The molecule has 0 aliphatic heterocycles. The lowest BCUT2D eigenvalue weighted by Gasteiger charge is -2.17. The fourth-order valence-corrected chi connectivity index (χ4v) is 2.79. The predicted octanol–water partition coefficient (Wildman–Crippen LogP) is 2.90. The molecule has 0 aliphatic carbocycles. The maximum Gasteiger partial charge on any atom is 0.140 e. The molecular formula is C11H22O2Si. The number of Topliss-reactive ketones (excluding diaryl/α,β-unsaturated/α-hetero) is 2. The third-order valence-corrected chi connectivity index (χ3v) is 4.25. The molecule has 82 valence electrons. The number of ketones is 2. The third kappa shape index (κ3) is 6.08. The molecule has 0 atom stereocenters. The van der Waals surface area contributed by atoms with Crippen LogP contribution in [0.1, 0.15) is 26.7 Å². The third-order valence-electron chi connectivity index (χ3n) is 2.40. The van der Waals surface area contributed by atoms with Crippen molar-refractivity contribution in [3.05, 3.63) is 0 Å². The molecule has 2 nitrogen and oxygen atoms in total. The quantitative estimate of drug-likeness (QED) is 0.503. The standard InChI is InChI=1S/C11H22O2Si/c1-9(12)11(10(2)13)7-6-8-14(3,4)5/h11H,6-8H2,1-5H3. The second-order valence-electron chi connectivity index (χ2n) is 5.23. The minimum atomic E-state index is -1.02. The van der Waals surface area contributed by atoms with Crippen molar-refractivity contribution in [1.29, 1.82) is 0 Å². The molecule has 0 rings (SSSR count). The van der Waals surface area contributed by atoms with Gasteiger partial charge in [-0.1, -0.05) is 32.1 Å². The lowest BCUT2D eigenvalue weighted by molar-refractivity contribution is -0.130. The lowest BCUT2D eigenvalue weighted by Crippen LogP contribution is -2.22. The van der Waals surface area contributed by atoms with Gasteiger partial charge in [-0.2, -0.15) is 0 Å². The van der Waals surface area contributed by atoms with Crippen LogP contribution in [-0.4, -0.2) is 19.6 Å². The monoisotopic (exact) mass is 214 g/mol. The molecule has 0 amide bonds. The molecule has 0 fully saturated rings. The Kier molecular flexibility index (Phi) is 5.27. The van der Waals surface area contributed by atoms with E-state index in [4.69, 9.17) is 0 Å². The van der Waals surface area contributed by atoms with Crippen LogP contribution < -0.4 is 0 Å². The minimum absolute atomic E-state index is 0.0214. The maximum atomic E-state index is 11.1. The Morgan fingerprint density at radius 2 is 1.50 bits per heavy atom. The number of carbonyl (C=O) groups is 2. The first kappa shape index (κ1) is 13.6. The summed E-state index contributed by atoms with van der Waals surface area (Å²) in [5.41, 5.74) is 0. The summed E-state index contributed by atoms with van der Waals surface area (Å²) in [5, 5.41) is 0. The second-order valence-corrected chi connectivity index (χ2v) is 10.8. The zero-order valence-corrected chi connectivity index (χ0v) is 11.0. The van der Waals surface area contributed by atoms with Crippen LogP contribution in [0.4, 0.5) is 0 Å². The van der Waals surface area contributed by atoms with Gasteiger partial charge in [0, 0.05) is 8.07 Å². The van der Waals surface area contributed by atoms with E-state index >= 15 is 0 Å². The van der Waals surface area contributed by atoms with E-state index in [1.807, 2.05) is 0 Å². The Labute approximate surface area is 88.1 Å². The Hall–Kier alpha value is -0.443. The normalized spacial score (nSPS) is 11.9. The van der Waals surface area contributed by atoms with Crippen molar-refractivity contribution in [3.63, 3.8) is 0 Å². The Bertz CT molecular complexity index is 202. The smallest absolute Gasteiger partial charge is 0.140 e. The molecule has 0 radical (unpaired) electrons. The van der Waals surface area contributed by atoms with Crippen LogP contribution in [0.15, 0.2) is 0 Å². The highest BCUT2D eigenvalue weighted by atomic mass is 28.3. The average molecular weight is 214 g/mol. The minimum Gasteiger partial charge on any atom is -0.299 e. The van der Waals surface area contributed by atoms with Crippen LogP contribution in [0, 0.1) is 5.92 Å². The van der Waals surface area contributed by atoms with E-state index in [-0.39, 0.29) is 17.5 Å². The zero-order chi connectivity index (χ0) is 11.4. The summed E-state index contributed by atoms with van der Waals surface area (Å²) in [6.45, 7) is 9.96. The first-order chi connectivity index (χ1) is 6.24. The van der Waals surface area contributed by atoms with Gasteiger partial charge in [0.2, 0.25) is 0 Å². The molecular weight excluding hydrogens is 192 g/mol. The number of carbonyl (C=O) groups excluding carboxylic acids is 2. The Morgan fingerprint density at radius 1 is 1.07 bits per heavy atom. The van der Waals surface area contributed by atoms with Gasteiger partial charge in [0.1, 0.15) is 11.6 Å². The first-order valence-corrected chi connectivity index (χ1v) is 8.95. The molecule has 0 spiro atoms. The van der Waals surface area contributed by atoms with Crippen LogP contribution in [0.2, 0.25) is 25.7 Å². The fourth-order valence-electron chi connectivity index (χ4n) is 1.53. The average Bonchev–Trinajstić information content (AvgIpc) is 1.94. The van der Waals surface area contributed by atoms with E-state index < -0.39 is 8.07 Å². The van der Waals surface area contributed by atoms with Crippen LogP contribution >= 0.6 is 0 Å². The second kappa shape index (κ2) is 5.44. The largest absolute Gasteiger partial charge is 0.299 e. The summed E-state index contributed by atoms with van der Waals surface area (Å²) in [6.07, 6.45) is 1.76. The highest BCUT2D eigenvalue weighted by Crippen LogP contribution is 2.17.